The number of nitrogens with zero attached hydrogens (tertiary/aromatic N) is 1. The van der Waals surface area contributed by atoms with Gasteiger partial charge in [0.05, 0.1) is 0 Å². The normalized spacial score (nSPS) is 29.2. The van der Waals surface area contributed by atoms with Gasteiger partial charge in [0.25, 0.3) is 0 Å². The highest BCUT2D eigenvalue weighted by Gasteiger charge is 2.63. The van der Waals surface area contributed by atoms with Gasteiger partial charge in [-0.3, -0.25) is 9.69 Å². The molecule has 1 aromatic carbocycles. The molecule has 4 nitrogen and oxygen atoms in total. The average molecular weight is 406 g/mol. The van der Waals surface area contributed by atoms with E-state index in [1.165, 1.54) is 0 Å². The van der Waals surface area contributed by atoms with Gasteiger partial charge in [0.15, 0.2) is 5.41 Å². The number of likely N-dealkylation sites (tertiary alicyclic amines) is 1. The van der Waals surface area contributed by atoms with Crippen LogP contribution in [0.1, 0.15) is 25.3 Å². The largest absolute Gasteiger partial charge is 0.404 e. The van der Waals surface area contributed by atoms with Crippen LogP contribution in [-0.2, 0) is 11.3 Å². The van der Waals surface area contributed by atoms with E-state index in [1.807, 2.05) is 37.3 Å². The lowest BCUT2D eigenvalue weighted by molar-refractivity contribution is -0.218. The predicted molar refractivity (Wildman–Crippen MR) is 101 cm³/mol. The van der Waals surface area contributed by atoms with Gasteiger partial charge in [0.2, 0.25) is 5.91 Å². The Labute approximate surface area is 164 Å². The number of rotatable bonds is 4. The van der Waals surface area contributed by atoms with Crippen LogP contribution in [0.15, 0.2) is 30.3 Å². The summed E-state index contributed by atoms with van der Waals surface area (Å²) < 4.78 is 41.8. The van der Waals surface area contributed by atoms with Crippen LogP contribution in [0, 0.1) is 11.3 Å². The maximum atomic E-state index is 13.9. The van der Waals surface area contributed by atoms with E-state index < -0.39 is 17.5 Å². The molecule has 8 heteroatoms. The third kappa shape index (κ3) is 4.76. The number of hydrogen-bond acceptors (Lipinski definition) is 3. The molecule has 0 spiro atoms. The molecule has 27 heavy (non-hydrogen) atoms. The van der Waals surface area contributed by atoms with Crippen LogP contribution in [0.2, 0.25) is 0 Å². The molecule has 0 bridgehead atoms. The Bertz CT molecular complexity index is 628. The fourth-order valence-corrected chi connectivity index (χ4v) is 3.95. The van der Waals surface area contributed by atoms with Gasteiger partial charge in [0, 0.05) is 19.1 Å². The minimum atomic E-state index is -4.56. The van der Waals surface area contributed by atoms with E-state index in [0.29, 0.717) is 26.1 Å². The molecular formula is C19H27ClF3N3O. The highest BCUT2D eigenvalue weighted by Crippen LogP contribution is 2.46. The summed E-state index contributed by atoms with van der Waals surface area (Å²) >= 11 is 0. The molecule has 3 unspecified atom stereocenters. The Balaban J connectivity index is 0.00000261. The smallest absolute Gasteiger partial charge is 0.352 e. The summed E-state index contributed by atoms with van der Waals surface area (Å²) in [5.74, 6) is -0.737. The van der Waals surface area contributed by atoms with Crippen molar-refractivity contribution >= 4 is 18.3 Å². The number of amides is 1. The number of hydrogen-bond donors (Lipinski definition) is 2. The quantitative estimate of drug-likeness (QED) is 0.809. The molecule has 152 valence electrons. The lowest BCUT2D eigenvalue weighted by atomic mass is 9.83. The summed E-state index contributed by atoms with van der Waals surface area (Å²) in [6.45, 7) is 3.79. The number of benzene rings is 1. The Kier molecular flexibility index (Phi) is 7.16. The van der Waals surface area contributed by atoms with E-state index in [1.54, 1.807) is 4.90 Å². The lowest BCUT2D eigenvalue weighted by Crippen LogP contribution is -2.57. The highest BCUT2D eigenvalue weighted by molar-refractivity contribution is 5.85. The van der Waals surface area contributed by atoms with Gasteiger partial charge < -0.3 is 10.6 Å². The van der Waals surface area contributed by atoms with Crippen molar-refractivity contribution in [2.45, 2.75) is 38.5 Å². The third-order valence-corrected chi connectivity index (χ3v) is 5.68. The van der Waals surface area contributed by atoms with Crippen LogP contribution in [-0.4, -0.2) is 49.2 Å². The van der Waals surface area contributed by atoms with Gasteiger partial charge in [-0.2, -0.15) is 13.2 Å². The average Bonchev–Trinajstić information content (AvgIpc) is 3.03. The Hall–Kier alpha value is -1.31. The Morgan fingerprint density at radius 1 is 1.33 bits per heavy atom. The second-order valence-electron chi connectivity index (χ2n) is 7.58. The maximum Gasteiger partial charge on any atom is 0.404 e. The van der Waals surface area contributed by atoms with Crippen molar-refractivity contribution in [1.29, 1.82) is 0 Å². The molecule has 2 fully saturated rings. The molecule has 3 atom stereocenters. The molecule has 3 rings (SSSR count). The fourth-order valence-electron chi connectivity index (χ4n) is 3.95. The van der Waals surface area contributed by atoms with Crippen LogP contribution in [0.3, 0.4) is 0 Å². The first-order chi connectivity index (χ1) is 12.3. The Morgan fingerprint density at radius 3 is 2.67 bits per heavy atom. The van der Waals surface area contributed by atoms with Crippen molar-refractivity contribution in [3.63, 3.8) is 0 Å². The summed E-state index contributed by atoms with van der Waals surface area (Å²) in [5, 5.41) is 5.92. The predicted octanol–water partition coefficient (Wildman–Crippen LogP) is 2.98. The third-order valence-electron chi connectivity index (χ3n) is 5.68. The molecule has 1 aromatic rings. The van der Waals surface area contributed by atoms with E-state index in [4.69, 9.17) is 0 Å². The molecule has 1 amide bonds. The Morgan fingerprint density at radius 2 is 2.04 bits per heavy atom. The summed E-state index contributed by atoms with van der Waals surface area (Å²) in [5.41, 5.74) is -1.36. The minimum Gasteiger partial charge on any atom is -0.352 e. The monoisotopic (exact) mass is 405 g/mol. The highest BCUT2D eigenvalue weighted by atomic mass is 35.5. The number of alkyl halides is 3. The first-order valence-electron chi connectivity index (χ1n) is 9.16. The van der Waals surface area contributed by atoms with Crippen molar-refractivity contribution < 1.29 is 18.0 Å². The van der Waals surface area contributed by atoms with Crippen molar-refractivity contribution in [3.8, 4) is 0 Å². The van der Waals surface area contributed by atoms with Crippen LogP contribution in [0.25, 0.3) is 0 Å². The number of halogens is 4. The van der Waals surface area contributed by atoms with Crippen molar-refractivity contribution in [2.75, 3.05) is 26.2 Å². The van der Waals surface area contributed by atoms with Crippen molar-refractivity contribution in [3.05, 3.63) is 35.9 Å². The van der Waals surface area contributed by atoms with E-state index in [9.17, 15) is 18.0 Å². The molecule has 2 heterocycles. The van der Waals surface area contributed by atoms with Crippen molar-refractivity contribution in [1.82, 2.24) is 15.5 Å². The zero-order valence-electron chi connectivity index (χ0n) is 15.4. The van der Waals surface area contributed by atoms with Crippen LogP contribution >= 0.6 is 12.4 Å². The van der Waals surface area contributed by atoms with Crippen molar-refractivity contribution in [2.24, 2.45) is 11.3 Å². The lowest BCUT2D eigenvalue weighted by Gasteiger charge is -2.36. The zero-order chi connectivity index (χ0) is 18.8. The second kappa shape index (κ2) is 8.80. The van der Waals surface area contributed by atoms with E-state index in [0.717, 1.165) is 5.56 Å². The molecule has 0 saturated carbocycles. The zero-order valence-corrected chi connectivity index (χ0v) is 16.2. The van der Waals surface area contributed by atoms with Crippen LogP contribution in [0.5, 0.6) is 0 Å². The molecule has 0 aromatic heterocycles. The molecule has 0 radical (unpaired) electrons. The van der Waals surface area contributed by atoms with Crippen LogP contribution < -0.4 is 10.6 Å². The fraction of sp³-hybridized carbons (Fsp3) is 0.632. The first kappa shape index (κ1) is 22.0. The molecule has 2 aliphatic heterocycles. The number of carbonyl (C=O) groups excluding carboxylic acids is 1. The van der Waals surface area contributed by atoms with Gasteiger partial charge >= 0.3 is 6.18 Å². The molecule has 0 aliphatic carbocycles. The summed E-state index contributed by atoms with van der Waals surface area (Å²) in [6, 6.07) is 9.20. The molecule has 2 saturated heterocycles. The van der Waals surface area contributed by atoms with E-state index in [2.05, 4.69) is 10.6 Å². The standard InChI is InChI=1S/C19H26F3N3O.ClH/c1-14-11-23-9-7-16(14)24-17(26)18(19(20,21)22)8-10-25(13-18)12-15-5-3-2-4-6-15;/h2-6,14,16,23H,7-13H2,1H3,(H,24,26);1H. The number of piperidine rings is 1. The molecule has 2 aliphatic rings. The van der Waals surface area contributed by atoms with Crippen LogP contribution in [0.4, 0.5) is 13.2 Å². The molecule has 2 N–H and O–H groups in total. The van der Waals surface area contributed by atoms with E-state index in [-0.39, 0.29) is 43.9 Å². The van der Waals surface area contributed by atoms with Gasteiger partial charge in [-0.1, -0.05) is 37.3 Å². The summed E-state index contributed by atoms with van der Waals surface area (Å²) in [7, 11) is 0. The first-order valence-corrected chi connectivity index (χ1v) is 9.16. The topological polar surface area (TPSA) is 44.4 Å². The minimum absolute atomic E-state index is 0. The maximum absolute atomic E-state index is 13.9. The van der Waals surface area contributed by atoms with Gasteiger partial charge in [-0.05, 0) is 44.0 Å². The summed E-state index contributed by atoms with van der Waals surface area (Å²) in [6.07, 6.45) is -4.08. The SMILES string of the molecule is CC1CNCCC1NC(=O)C1(C(F)(F)F)CCN(Cc2ccccc2)C1.Cl. The van der Waals surface area contributed by atoms with Gasteiger partial charge in [-0.25, -0.2) is 0 Å². The van der Waals surface area contributed by atoms with E-state index >= 15 is 0 Å². The summed E-state index contributed by atoms with van der Waals surface area (Å²) in [4.78, 5) is 14.5. The molecular weight excluding hydrogens is 379 g/mol. The number of carbonyl (C=O) groups is 1. The number of nitrogens with one attached hydrogen (secondary N) is 2. The van der Waals surface area contributed by atoms with Gasteiger partial charge in [-0.15, -0.1) is 12.4 Å². The van der Waals surface area contributed by atoms with Gasteiger partial charge in [0.1, 0.15) is 0 Å². The second-order valence-corrected chi connectivity index (χ2v) is 7.58.